The van der Waals surface area contributed by atoms with Crippen LogP contribution < -0.4 is 5.32 Å². The second-order valence-electron chi connectivity index (χ2n) is 7.28. The van der Waals surface area contributed by atoms with Crippen molar-refractivity contribution in [2.45, 2.75) is 39.7 Å². The van der Waals surface area contributed by atoms with Gasteiger partial charge in [0.15, 0.2) is 0 Å². The van der Waals surface area contributed by atoms with E-state index in [4.69, 9.17) is 0 Å². The Kier molecular flexibility index (Phi) is 6.01. The van der Waals surface area contributed by atoms with Gasteiger partial charge in [0.25, 0.3) is 0 Å². The number of carbonyl (C=O) groups is 2. The van der Waals surface area contributed by atoms with E-state index in [0.29, 0.717) is 19.0 Å². The summed E-state index contributed by atoms with van der Waals surface area (Å²) >= 11 is 0. The number of likely N-dealkylation sites (tertiary alicyclic amines) is 1. The summed E-state index contributed by atoms with van der Waals surface area (Å²) in [6.07, 6.45) is 1.94. The van der Waals surface area contributed by atoms with Gasteiger partial charge in [0.05, 0.1) is 0 Å². The molecule has 0 bridgehead atoms. The van der Waals surface area contributed by atoms with Crippen molar-refractivity contribution in [3.63, 3.8) is 0 Å². The molecule has 21 heavy (non-hydrogen) atoms. The highest BCUT2D eigenvalue weighted by Crippen LogP contribution is 2.21. The Bertz CT molecular complexity index is 369. The Hall–Kier alpha value is -1.30. The van der Waals surface area contributed by atoms with E-state index in [1.165, 1.54) is 0 Å². The van der Waals surface area contributed by atoms with Crippen molar-refractivity contribution in [3.8, 4) is 0 Å². The first kappa shape index (κ1) is 17.8. The predicted molar refractivity (Wildman–Crippen MR) is 82.3 cm³/mol. The molecule has 1 atom stereocenters. The van der Waals surface area contributed by atoms with Gasteiger partial charge in [-0.2, -0.15) is 0 Å². The first-order valence-electron chi connectivity index (χ1n) is 7.54. The molecular formula is C15H29N3O3. The molecule has 1 saturated heterocycles. The molecule has 0 aromatic heterocycles. The van der Waals surface area contributed by atoms with Crippen LogP contribution in [0.3, 0.4) is 0 Å². The van der Waals surface area contributed by atoms with E-state index < -0.39 is 17.4 Å². The Labute approximate surface area is 127 Å². The second-order valence-corrected chi connectivity index (χ2v) is 7.28. The van der Waals surface area contributed by atoms with Crippen LogP contribution in [0.15, 0.2) is 0 Å². The van der Waals surface area contributed by atoms with E-state index in [9.17, 15) is 14.7 Å². The Morgan fingerprint density at radius 2 is 1.81 bits per heavy atom. The third-order valence-corrected chi connectivity index (χ3v) is 3.91. The zero-order valence-corrected chi connectivity index (χ0v) is 13.8. The van der Waals surface area contributed by atoms with Gasteiger partial charge in [0.2, 0.25) is 0 Å². The lowest BCUT2D eigenvalue weighted by atomic mass is 9.87. The number of carboxylic acids is 1. The fourth-order valence-electron chi connectivity index (χ4n) is 2.70. The monoisotopic (exact) mass is 299 g/mol. The van der Waals surface area contributed by atoms with Crippen molar-refractivity contribution in [3.05, 3.63) is 0 Å². The molecule has 2 N–H and O–H groups in total. The normalized spacial score (nSPS) is 18.7. The molecule has 6 nitrogen and oxygen atoms in total. The predicted octanol–water partition coefficient (Wildman–Crippen LogP) is 1.47. The number of amides is 2. The molecule has 0 spiro atoms. The SMILES string of the molecule is CN(C)CC1CCN(C(=O)NC(C(=O)O)C(C)(C)C)CC1. The Balaban J connectivity index is 2.52. The van der Waals surface area contributed by atoms with Crippen LogP contribution in [-0.2, 0) is 4.79 Å². The lowest BCUT2D eigenvalue weighted by molar-refractivity contribution is -0.142. The summed E-state index contributed by atoms with van der Waals surface area (Å²) in [6, 6.07) is -1.13. The molecule has 2 amide bonds. The van der Waals surface area contributed by atoms with Crippen LogP contribution in [0.5, 0.6) is 0 Å². The van der Waals surface area contributed by atoms with Gasteiger partial charge in [-0.15, -0.1) is 0 Å². The standard InChI is InChI=1S/C15H29N3O3/c1-15(2,3)12(13(19)20)16-14(21)18-8-6-11(7-9-18)10-17(4)5/h11-12H,6-10H2,1-5H3,(H,16,21)(H,19,20). The van der Waals surface area contributed by atoms with Gasteiger partial charge in [0.1, 0.15) is 6.04 Å². The number of nitrogens with one attached hydrogen (secondary N) is 1. The minimum absolute atomic E-state index is 0.263. The molecule has 0 radical (unpaired) electrons. The number of hydrogen-bond donors (Lipinski definition) is 2. The topological polar surface area (TPSA) is 72.9 Å². The number of carboxylic acid groups (broad SMARTS) is 1. The van der Waals surface area contributed by atoms with E-state index >= 15 is 0 Å². The third-order valence-electron chi connectivity index (χ3n) is 3.91. The van der Waals surface area contributed by atoms with Crippen molar-refractivity contribution in [1.29, 1.82) is 0 Å². The van der Waals surface area contributed by atoms with Crippen LogP contribution in [0, 0.1) is 11.3 Å². The van der Waals surface area contributed by atoms with E-state index in [-0.39, 0.29) is 6.03 Å². The first-order chi connectivity index (χ1) is 9.61. The van der Waals surface area contributed by atoms with Gasteiger partial charge in [-0.1, -0.05) is 20.8 Å². The maximum Gasteiger partial charge on any atom is 0.326 e. The van der Waals surface area contributed by atoms with E-state index in [2.05, 4.69) is 24.3 Å². The highest BCUT2D eigenvalue weighted by molar-refractivity contribution is 5.83. The largest absolute Gasteiger partial charge is 0.480 e. The summed E-state index contributed by atoms with van der Waals surface area (Å²) in [5.74, 6) is -0.375. The highest BCUT2D eigenvalue weighted by atomic mass is 16.4. The van der Waals surface area contributed by atoms with Gasteiger partial charge in [0, 0.05) is 19.6 Å². The van der Waals surface area contributed by atoms with Crippen molar-refractivity contribution in [2.75, 3.05) is 33.7 Å². The quantitative estimate of drug-likeness (QED) is 0.824. The number of piperidine rings is 1. The van der Waals surface area contributed by atoms with Gasteiger partial charge < -0.3 is 20.2 Å². The first-order valence-corrected chi connectivity index (χ1v) is 7.54. The van der Waals surface area contributed by atoms with Crippen molar-refractivity contribution in [1.82, 2.24) is 15.1 Å². The third kappa shape index (κ3) is 5.53. The molecule has 1 aliphatic heterocycles. The molecular weight excluding hydrogens is 270 g/mol. The summed E-state index contributed by atoms with van der Waals surface area (Å²) in [4.78, 5) is 27.4. The van der Waals surface area contributed by atoms with Gasteiger partial charge in [-0.25, -0.2) is 9.59 Å². The van der Waals surface area contributed by atoms with E-state index in [1.54, 1.807) is 4.90 Å². The maximum absolute atomic E-state index is 12.2. The second kappa shape index (κ2) is 7.11. The molecule has 122 valence electrons. The molecule has 1 rings (SSSR count). The average Bonchev–Trinajstić information content (AvgIpc) is 2.34. The van der Waals surface area contributed by atoms with Crippen LogP contribution in [0.2, 0.25) is 0 Å². The highest BCUT2D eigenvalue weighted by Gasteiger charge is 2.34. The minimum atomic E-state index is -0.988. The van der Waals surface area contributed by atoms with Crippen molar-refractivity contribution < 1.29 is 14.7 Å². The van der Waals surface area contributed by atoms with E-state index in [1.807, 2.05) is 20.8 Å². The zero-order chi connectivity index (χ0) is 16.2. The maximum atomic E-state index is 12.2. The van der Waals surface area contributed by atoms with E-state index in [0.717, 1.165) is 19.4 Å². The number of aliphatic carboxylic acids is 1. The number of carbonyl (C=O) groups excluding carboxylic acids is 1. The molecule has 6 heteroatoms. The number of rotatable bonds is 4. The summed E-state index contributed by atoms with van der Waals surface area (Å²) in [5, 5.41) is 11.9. The average molecular weight is 299 g/mol. The smallest absolute Gasteiger partial charge is 0.326 e. The Morgan fingerprint density at radius 1 is 1.29 bits per heavy atom. The van der Waals surface area contributed by atoms with Gasteiger partial charge >= 0.3 is 12.0 Å². The molecule has 0 aliphatic carbocycles. The van der Waals surface area contributed by atoms with Crippen LogP contribution >= 0.6 is 0 Å². The fraction of sp³-hybridized carbons (Fsp3) is 0.867. The van der Waals surface area contributed by atoms with Crippen molar-refractivity contribution >= 4 is 12.0 Å². The molecule has 1 heterocycles. The molecule has 1 fully saturated rings. The number of hydrogen-bond acceptors (Lipinski definition) is 3. The number of urea groups is 1. The minimum Gasteiger partial charge on any atom is -0.480 e. The zero-order valence-electron chi connectivity index (χ0n) is 13.8. The van der Waals surface area contributed by atoms with Crippen LogP contribution in [0.1, 0.15) is 33.6 Å². The lowest BCUT2D eigenvalue weighted by Gasteiger charge is -2.35. The summed E-state index contributed by atoms with van der Waals surface area (Å²) in [7, 11) is 4.11. The molecule has 1 unspecified atom stereocenters. The Morgan fingerprint density at radius 3 is 2.19 bits per heavy atom. The van der Waals surface area contributed by atoms with Gasteiger partial charge in [-0.05, 0) is 38.3 Å². The van der Waals surface area contributed by atoms with Crippen LogP contribution in [0.4, 0.5) is 4.79 Å². The number of nitrogens with zero attached hydrogens (tertiary/aromatic N) is 2. The van der Waals surface area contributed by atoms with Crippen molar-refractivity contribution in [2.24, 2.45) is 11.3 Å². The lowest BCUT2D eigenvalue weighted by Crippen LogP contribution is -2.54. The van der Waals surface area contributed by atoms with Crippen LogP contribution in [-0.4, -0.2) is 66.7 Å². The van der Waals surface area contributed by atoms with Crippen LogP contribution in [0.25, 0.3) is 0 Å². The fourth-order valence-corrected chi connectivity index (χ4v) is 2.70. The summed E-state index contributed by atoms with van der Waals surface area (Å²) in [6.45, 7) is 7.87. The molecule has 0 aromatic rings. The molecule has 1 aliphatic rings. The van der Waals surface area contributed by atoms with Gasteiger partial charge in [-0.3, -0.25) is 0 Å². The molecule has 0 aromatic carbocycles. The molecule has 0 saturated carbocycles. The summed E-state index contributed by atoms with van der Waals surface area (Å²) < 4.78 is 0. The summed E-state index contributed by atoms with van der Waals surface area (Å²) in [5.41, 5.74) is -0.509.